The van der Waals surface area contributed by atoms with E-state index in [1.807, 2.05) is 6.07 Å². The number of halogens is 4. The molecule has 232 valence electrons. The minimum atomic E-state index is -0.583. The third kappa shape index (κ3) is 8.91. The molecule has 3 amide bonds. The Morgan fingerprint density at radius 3 is 2.39 bits per heavy atom. The van der Waals surface area contributed by atoms with Gasteiger partial charge in [0.05, 0.1) is 26.5 Å². The zero-order chi connectivity index (χ0) is 32.6. The van der Waals surface area contributed by atoms with Crippen LogP contribution in [0.5, 0.6) is 0 Å². The average Bonchev–Trinajstić information content (AvgIpc) is 3.50. The van der Waals surface area contributed by atoms with Crippen LogP contribution in [-0.2, 0) is 9.59 Å². The van der Waals surface area contributed by atoms with Gasteiger partial charge in [-0.3, -0.25) is 14.4 Å². The van der Waals surface area contributed by atoms with Crippen LogP contribution >= 0.6 is 69.5 Å². The van der Waals surface area contributed by atoms with Gasteiger partial charge in [0.2, 0.25) is 5.91 Å². The average molecular weight is 729 g/mol. The highest BCUT2D eigenvalue weighted by Gasteiger charge is 2.17. The lowest BCUT2D eigenvalue weighted by Gasteiger charge is -2.13. The van der Waals surface area contributed by atoms with E-state index in [9.17, 15) is 14.4 Å². The molecule has 0 atom stereocenters. The first-order valence-electron chi connectivity index (χ1n) is 13.4. The maximum Gasteiger partial charge on any atom is 0.272 e. The van der Waals surface area contributed by atoms with Crippen molar-refractivity contribution < 1.29 is 14.4 Å². The highest BCUT2D eigenvalue weighted by atomic mass is 35.5. The number of benzene rings is 4. The van der Waals surface area contributed by atoms with E-state index in [1.54, 1.807) is 90.3 Å². The van der Waals surface area contributed by atoms with E-state index in [1.165, 1.54) is 29.2 Å². The normalized spacial score (nSPS) is 11.2. The summed E-state index contributed by atoms with van der Waals surface area (Å²) in [5.41, 5.74) is 2.58. The first-order valence-corrected chi connectivity index (χ1v) is 16.8. The number of carbonyl (C=O) groups is 3. The molecule has 0 saturated carbocycles. The lowest BCUT2D eigenvalue weighted by atomic mass is 10.1. The van der Waals surface area contributed by atoms with Gasteiger partial charge in [-0.1, -0.05) is 82.8 Å². The SMILES string of the molecule is O=C(CSc1cccc(NC(=O)/C(=C\c2cccc(Cl)c2Cl)NC(=O)c2ccccc2)c1)Nc1nc(-c2ccc(Cl)cc2Cl)cs1. The molecular weight excluding hydrogens is 706 g/mol. The fourth-order valence-corrected chi connectivity index (χ4v) is 6.40. The number of nitrogens with zero attached hydrogens (tertiary/aromatic N) is 1. The molecular formula is C33H22Cl4N4O3S2. The van der Waals surface area contributed by atoms with Gasteiger partial charge in [-0.05, 0) is 66.2 Å². The highest BCUT2D eigenvalue weighted by Crippen LogP contribution is 2.33. The zero-order valence-corrected chi connectivity index (χ0v) is 28.2. The molecule has 1 aromatic heterocycles. The Morgan fingerprint density at radius 1 is 0.826 bits per heavy atom. The fraction of sp³-hybridized carbons (Fsp3) is 0.0303. The number of rotatable bonds is 10. The van der Waals surface area contributed by atoms with Crippen LogP contribution in [0.25, 0.3) is 17.3 Å². The second-order valence-electron chi connectivity index (χ2n) is 9.50. The summed E-state index contributed by atoms with van der Waals surface area (Å²) >= 11 is 27.4. The predicted octanol–water partition coefficient (Wildman–Crippen LogP) is 9.56. The molecule has 7 nitrogen and oxygen atoms in total. The predicted molar refractivity (Wildman–Crippen MR) is 190 cm³/mol. The van der Waals surface area contributed by atoms with Gasteiger partial charge in [0.25, 0.3) is 11.8 Å². The Labute approximate surface area is 292 Å². The molecule has 0 aliphatic heterocycles. The van der Waals surface area contributed by atoms with E-state index in [0.29, 0.717) is 48.3 Å². The number of hydrogen-bond donors (Lipinski definition) is 3. The maximum absolute atomic E-state index is 13.4. The van der Waals surface area contributed by atoms with Crippen molar-refractivity contribution in [2.45, 2.75) is 4.90 Å². The molecule has 0 radical (unpaired) electrons. The fourth-order valence-electron chi connectivity index (χ4n) is 4.05. The molecule has 46 heavy (non-hydrogen) atoms. The number of nitrogens with one attached hydrogen (secondary N) is 3. The smallest absolute Gasteiger partial charge is 0.272 e. The van der Waals surface area contributed by atoms with Gasteiger partial charge in [0, 0.05) is 32.1 Å². The Kier molecular flexibility index (Phi) is 11.4. The molecule has 0 unspecified atom stereocenters. The summed E-state index contributed by atoms with van der Waals surface area (Å²) in [6.45, 7) is 0. The van der Waals surface area contributed by atoms with E-state index in [-0.39, 0.29) is 22.4 Å². The number of thioether (sulfide) groups is 1. The van der Waals surface area contributed by atoms with Gasteiger partial charge < -0.3 is 16.0 Å². The van der Waals surface area contributed by atoms with Crippen LogP contribution in [0, 0.1) is 0 Å². The van der Waals surface area contributed by atoms with Crippen molar-refractivity contribution in [3.05, 3.63) is 133 Å². The molecule has 0 saturated heterocycles. The lowest BCUT2D eigenvalue weighted by Crippen LogP contribution is -2.30. The summed E-state index contributed by atoms with van der Waals surface area (Å²) in [5.74, 6) is -1.21. The van der Waals surface area contributed by atoms with Crippen LogP contribution in [0.1, 0.15) is 15.9 Å². The van der Waals surface area contributed by atoms with E-state index < -0.39 is 11.8 Å². The van der Waals surface area contributed by atoms with Crippen LogP contribution < -0.4 is 16.0 Å². The highest BCUT2D eigenvalue weighted by molar-refractivity contribution is 8.00. The van der Waals surface area contributed by atoms with Crippen LogP contribution in [-0.4, -0.2) is 28.5 Å². The molecule has 5 aromatic rings. The number of amides is 3. The second kappa shape index (κ2) is 15.6. The number of anilines is 2. The van der Waals surface area contributed by atoms with Crippen LogP contribution in [0.2, 0.25) is 20.1 Å². The Balaban J connectivity index is 1.24. The van der Waals surface area contributed by atoms with Gasteiger partial charge >= 0.3 is 0 Å². The molecule has 1 heterocycles. The number of aromatic nitrogens is 1. The largest absolute Gasteiger partial charge is 0.321 e. The second-order valence-corrected chi connectivity index (χ2v) is 13.0. The number of carbonyl (C=O) groups excluding carboxylic acids is 3. The van der Waals surface area contributed by atoms with Crippen molar-refractivity contribution in [1.29, 1.82) is 0 Å². The van der Waals surface area contributed by atoms with Crippen molar-refractivity contribution in [3.8, 4) is 11.3 Å². The van der Waals surface area contributed by atoms with Crippen LogP contribution in [0.4, 0.5) is 10.8 Å². The molecule has 4 aromatic carbocycles. The Morgan fingerprint density at radius 2 is 1.61 bits per heavy atom. The standard InChI is InChI=1S/C33H22Cl4N4O3S2/c34-21-12-13-24(26(36)15-21)28-17-46-33(40-28)41-29(42)18-45-23-10-5-9-22(16-23)38-32(44)27(14-20-8-4-11-25(35)30(20)37)39-31(43)19-6-2-1-3-7-19/h1-17H,18H2,(H,38,44)(H,39,43)(H,40,41,42)/b27-14+. The molecule has 0 aliphatic carbocycles. The van der Waals surface area contributed by atoms with E-state index in [2.05, 4.69) is 20.9 Å². The number of hydrogen-bond acceptors (Lipinski definition) is 6. The number of thiazole rings is 1. The summed E-state index contributed by atoms with van der Waals surface area (Å²) in [6, 6.07) is 25.6. The lowest BCUT2D eigenvalue weighted by molar-refractivity contribution is -0.114. The van der Waals surface area contributed by atoms with Gasteiger partial charge in [-0.15, -0.1) is 23.1 Å². The van der Waals surface area contributed by atoms with Gasteiger partial charge in [0.15, 0.2) is 5.13 Å². The third-order valence-corrected chi connectivity index (χ3v) is 9.36. The summed E-state index contributed by atoms with van der Waals surface area (Å²) in [6.07, 6.45) is 1.46. The topological polar surface area (TPSA) is 100 Å². The third-order valence-electron chi connectivity index (χ3n) is 6.23. The quantitative estimate of drug-likeness (QED) is 0.0983. The Bertz CT molecular complexity index is 1950. The van der Waals surface area contributed by atoms with Crippen LogP contribution in [0.15, 0.2) is 107 Å². The summed E-state index contributed by atoms with van der Waals surface area (Å²) in [7, 11) is 0. The minimum Gasteiger partial charge on any atom is -0.321 e. The van der Waals surface area contributed by atoms with Crippen LogP contribution in [0.3, 0.4) is 0 Å². The van der Waals surface area contributed by atoms with E-state index >= 15 is 0 Å². The van der Waals surface area contributed by atoms with Crippen molar-refractivity contribution in [2.24, 2.45) is 0 Å². The maximum atomic E-state index is 13.4. The summed E-state index contributed by atoms with van der Waals surface area (Å²) in [5, 5.41) is 12.0. The summed E-state index contributed by atoms with van der Waals surface area (Å²) < 4.78 is 0. The first-order chi connectivity index (χ1) is 22.2. The van der Waals surface area contributed by atoms with E-state index in [0.717, 1.165) is 4.90 Å². The first kappa shape index (κ1) is 33.5. The monoisotopic (exact) mass is 726 g/mol. The van der Waals surface area contributed by atoms with Crippen molar-refractivity contribution >= 4 is 104 Å². The van der Waals surface area contributed by atoms with Crippen molar-refractivity contribution in [1.82, 2.24) is 10.3 Å². The minimum absolute atomic E-state index is 0.0434. The molecule has 5 rings (SSSR count). The van der Waals surface area contributed by atoms with E-state index in [4.69, 9.17) is 46.4 Å². The van der Waals surface area contributed by atoms with Crippen molar-refractivity contribution in [3.63, 3.8) is 0 Å². The van der Waals surface area contributed by atoms with Gasteiger partial charge in [-0.25, -0.2) is 4.98 Å². The van der Waals surface area contributed by atoms with Gasteiger partial charge in [-0.2, -0.15) is 0 Å². The molecule has 0 bridgehead atoms. The molecule has 0 fully saturated rings. The molecule has 13 heteroatoms. The summed E-state index contributed by atoms with van der Waals surface area (Å²) in [4.78, 5) is 44.3. The van der Waals surface area contributed by atoms with Crippen molar-refractivity contribution in [2.75, 3.05) is 16.4 Å². The Hall–Kier alpha value is -3.83. The zero-order valence-electron chi connectivity index (χ0n) is 23.5. The molecule has 0 spiro atoms. The molecule has 3 N–H and O–H groups in total. The molecule has 0 aliphatic rings. The van der Waals surface area contributed by atoms with Gasteiger partial charge in [0.1, 0.15) is 5.70 Å².